The van der Waals surface area contributed by atoms with Crippen molar-refractivity contribution in [1.29, 1.82) is 0 Å². The SMILES string of the molecule is C=C(C)C(=O)OCCC1(c2ccccc2)OCC1OC(=O)C(=C)C. The first-order chi connectivity index (χ1) is 11.4. The molecule has 1 fully saturated rings. The highest BCUT2D eigenvalue weighted by atomic mass is 16.6. The average molecular weight is 330 g/mol. The summed E-state index contributed by atoms with van der Waals surface area (Å²) in [6.07, 6.45) is -0.0721. The lowest BCUT2D eigenvalue weighted by molar-refractivity contribution is -0.261. The summed E-state index contributed by atoms with van der Waals surface area (Å²) < 4.78 is 16.5. The van der Waals surface area contributed by atoms with E-state index in [1.807, 2.05) is 30.3 Å². The van der Waals surface area contributed by atoms with Gasteiger partial charge in [0, 0.05) is 17.6 Å². The summed E-state index contributed by atoms with van der Waals surface area (Å²) in [5.41, 5.74) is 0.727. The number of carbonyl (C=O) groups is 2. The van der Waals surface area contributed by atoms with Gasteiger partial charge in [0.1, 0.15) is 5.60 Å². The smallest absolute Gasteiger partial charge is 0.333 e. The molecule has 2 unspecified atom stereocenters. The molecule has 0 N–H and O–H groups in total. The molecular formula is C19H22O5. The van der Waals surface area contributed by atoms with E-state index in [0.717, 1.165) is 5.56 Å². The number of ether oxygens (including phenoxy) is 3. The number of esters is 2. The third-order valence-electron chi connectivity index (χ3n) is 3.93. The third-order valence-corrected chi connectivity index (χ3v) is 3.93. The van der Waals surface area contributed by atoms with Crippen molar-refractivity contribution in [2.75, 3.05) is 13.2 Å². The molecule has 1 aliphatic heterocycles. The van der Waals surface area contributed by atoms with E-state index < -0.39 is 23.6 Å². The topological polar surface area (TPSA) is 61.8 Å². The van der Waals surface area contributed by atoms with E-state index in [1.54, 1.807) is 13.8 Å². The van der Waals surface area contributed by atoms with Gasteiger partial charge in [0.2, 0.25) is 0 Å². The molecule has 0 spiro atoms. The number of benzene rings is 1. The highest BCUT2D eigenvalue weighted by Gasteiger charge is 2.52. The molecule has 0 radical (unpaired) electrons. The van der Waals surface area contributed by atoms with Gasteiger partial charge in [0.25, 0.3) is 0 Å². The zero-order valence-corrected chi connectivity index (χ0v) is 14.0. The zero-order valence-electron chi connectivity index (χ0n) is 14.0. The van der Waals surface area contributed by atoms with E-state index in [9.17, 15) is 9.59 Å². The van der Waals surface area contributed by atoms with Gasteiger partial charge in [-0.05, 0) is 19.4 Å². The number of hydrogen-bond donors (Lipinski definition) is 0. The lowest BCUT2D eigenvalue weighted by Gasteiger charge is -2.48. The van der Waals surface area contributed by atoms with E-state index in [0.29, 0.717) is 24.2 Å². The van der Waals surface area contributed by atoms with Crippen molar-refractivity contribution >= 4 is 11.9 Å². The second kappa shape index (κ2) is 7.45. The van der Waals surface area contributed by atoms with Crippen LogP contribution in [0.25, 0.3) is 0 Å². The van der Waals surface area contributed by atoms with Crippen LogP contribution in [-0.2, 0) is 29.4 Å². The number of carbonyl (C=O) groups excluding carboxylic acids is 2. The molecular weight excluding hydrogens is 308 g/mol. The fraction of sp³-hybridized carbons (Fsp3) is 0.368. The lowest BCUT2D eigenvalue weighted by Crippen LogP contribution is -2.58. The summed E-state index contributed by atoms with van der Waals surface area (Å²) in [6.45, 7) is 10.8. The van der Waals surface area contributed by atoms with Crippen LogP contribution in [0.5, 0.6) is 0 Å². The highest BCUT2D eigenvalue weighted by Crippen LogP contribution is 2.43. The molecule has 0 saturated carbocycles. The molecule has 5 heteroatoms. The van der Waals surface area contributed by atoms with Gasteiger partial charge in [-0.1, -0.05) is 43.5 Å². The molecule has 24 heavy (non-hydrogen) atoms. The van der Waals surface area contributed by atoms with Gasteiger partial charge in [0.05, 0.1) is 13.2 Å². The molecule has 0 aliphatic carbocycles. The minimum Gasteiger partial charge on any atom is -0.462 e. The largest absolute Gasteiger partial charge is 0.462 e. The van der Waals surface area contributed by atoms with Gasteiger partial charge < -0.3 is 14.2 Å². The Balaban J connectivity index is 2.14. The van der Waals surface area contributed by atoms with Gasteiger partial charge >= 0.3 is 11.9 Å². The summed E-state index contributed by atoms with van der Waals surface area (Å²) >= 11 is 0. The lowest BCUT2D eigenvalue weighted by atomic mass is 9.81. The Morgan fingerprint density at radius 1 is 1.17 bits per heavy atom. The molecule has 1 heterocycles. The second-order valence-corrected chi connectivity index (χ2v) is 5.91. The minimum absolute atomic E-state index is 0.141. The van der Waals surface area contributed by atoms with Crippen molar-refractivity contribution in [2.24, 2.45) is 0 Å². The van der Waals surface area contributed by atoms with Gasteiger partial charge in [-0.25, -0.2) is 9.59 Å². The zero-order chi connectivity index (χ0) is 17.7. The van der Waals surface area contributed by atoms with E-state index in [2.05, 4.69) is 13.2 Å². The highest BCUT2D eigenvalue weighted by molar-refractivity contribution is 5.87. The first kappa shape index (κ1) is 17.9. The first-order valence-electron chi connectivity index (χ1n) is 7.75. The third kappa shape index (κ3) is 3.74. The Hall–Kier alpha value is -2.40. The van der Waals surface area contributed by atoms with Gasteiger partial charge in [-0.3, -0.25) is 0 Å². The summed E-state index contributed by atoms with van der Waals surface area (Å²) in [5, 5.41) is 0. The predicted molar refractivity (Wildman–Crippen MR) is 89.2 cm³/mol. The van der Waals surface area contributed by atoms with Crippen LogP contribution in [0.2, 0.25) is 0 Å². The number of rotatable bonds is 7. The van der Waals surface area contributed by atoms with E-state index >= 15 is 0 Å². The van der Waals surface area contributed by atoms with Gasteiger partial charge in [0.15, 0.2) is 6.10 Å². The molecule has 0 bridgehead atoms. The summed E-state index contributed by atoms with van der Waals surface area (Å²) in [7, 11) is 0. The van der Waals surface area contributed by atoms with Crippen LogP contribution < -0.4 is 0 Å². The fourth-order valence-electron chi connectivity index (χ4n) is 2.50. The maximum atomic E-state index is 11.9. The Bertz CT molecular complexity index is 649. The van der Waals surface area contributed by atoms with E-state index in [1.165, 1.54) is 0 Å². The molecule has 0 aromatic heterocycles. The van der Waals surface area contributed by atoms with Crippen LogP contribution in [0.3, 0.4) is 0 Å². The predicted octanol–water partition coefficient (Wildman–Crippen LogP) is 2.91. The second-order valence-electron chi connectivity index (χ2n) is 5.91. The molecule has 128 valence electrons. The summed E-state index contributed by atoms with van der Waals surface area (Å²) in [5.74, 6) is -0.907. The summed E-state index contributed by atoms with van der Waals surface area (Å²) in [6, 6.07) is 9.47. The molecule has 1 aliphatic rings. The molecule has 0 amide bonds. The van der Waals surface area contributed by atoms with Crippen molar-refractivity contribution < 1.29 is 23.8 Å². The van der Waals surface area contributed by atoms with Crippen molar-refractivity contribution in [1.82, 2.24) is 0 Å². The average Bonchev–Trinajstić information content (AvgIpc) is 2.55. The minimum atomic E-state index is -0.818. The number of hydrogen-bond acceptors (Lipinski definition) is 5. The maximum Gasteiger partial charge on any atom is 0.333 e. The molecule has 2 rings (SSSR count). The van der Waals surface area contributed by atoms with E-state index in [-0.39, 0.29) is 6.61 Å². The maximum absolute atomic E-state index is 11.9. The van der Waals surface area contributed by atoms with Crippen LogP contribution in [0, 0.1) is 0 Å². The standard InChI is InChI=1S/C19H22O5/c1-13(2)17(20)22-11-10-19(15-8-6-5-7-9-15)16(12-23-19)24-18(21)14(3)4/h5-9,16H,1,3,10-12H2,2,4H3. The van der Waals surface area contributed by atoms with Crippen molar-refractivity contribution in [2.45, 2.75) is 32.0 Å². The van der Waals surface area contributed by atoms with Crippen LogP contribution in [0.1, 0.15) is 25.8 Å². The normalized spacial score (nSPS) is 22.2. The summed E-state index contributed by atoms with van der Waals surface area (Å²) in [4.78, 5) is 23.4. The molecule has 1 saturated heterocycles. The van der Waals surface area contributed by atoms with Crippen molar-refractivity contribution in [3.8, 4) is 0 Å². The van der Waals surface area contributed by atoms with Gasteiger partial charge in [-0.15, -0.1) is 0 Å². The molecule has 2 atom stereocenters. The monoisotopic (exact) mass is 330 g/mol. The first-order valence-corrected chi connectivity index (χ1v) is 7.75. The van der Waals surface area contributed by atoms with Crippen LogP contribution in [0.4, 0.5) is 0 Å². The van der Waals surface area contributed by atoms with Crippen LogP contribution >= 0.6 is 0 Å². The molecule has 1 aromatic rings. The van der Waals surface area contributed by atoms with Crippen molar-refractivity contribution in [3.05, 3.63) is 60.2 Å². The van der Waals surface area contributed by atoms with E-state index in [4.69, 9.17) is 14.2 Å². The Kier molecular flexibility index (Phi) is 5.57. The fourth-order valence-corrected chi connectivity index (χ4v) is 2.50. The van der Waals surface area contributed by atoms with Crippen LogP contribution in [-0.4, -0.2) is 31.3 Å². The Labute approximate surface area is 141 Å². The quantitative estimate of drug-likeness (QED) is 0.568. The van der Waals surface area contributed by atoms with Crippen LogP contribution in [0.15, 0.2) is 54.6 Å². The molecule has 5 nitrogen and oxygen atoms in total. The Morgan fingerprint density at radius 2 is 1.79 bits per heavy atom. The van der Waals surface area contributed by atoms with Gasteiger partial charge in [-0.2, -0.15) is 0 Å². The molecule has 1 aromatic carbocycles. The Morgan fingerprint density at radius 3 is 2.29 bits per heavy atom. The van der Waals surface area contributed by atoms with Crippen molar-refractivity contribution in [3.63, 3.8) is 0 Å².